The van der Waals surface area contributed by atoms with Crippen LogP contribution in [-0.2, 0) is 16.0 Å². The van der Waals surface area contributed by atoms with Gasteiger partial charge >= 0.3 is 5.63 Å². The molecule has 0 spiro atoms. The number of benzene rings is 1. The molecule has 150 valence electrons. The van der Waals surface area contributed by atoms with Crippen LogP contribution in [0.3, 0.4) is 0 Å². The number of nitrogens with zero attached hydrogens (tertiary/aromatic N) is 2. The quantitative estimate of drug-likeness (QED) is 0.735. The first-order valence-corrected chi connectivity index (χ1v) is 9.07. The van der Waals surface area contributed by atoms with E-state index in [-0.39, 0.29) is 18.2 Å². The van der Waals surface area contributed by atoms with Crippen LogP contribution >= 0.6 is 0 Å². The standard InChI is InChI=1S/C20H24N2O6/c1-12-14-9-17(26-3)18(27-4)11-16(14)28-20(25)15(12)10-19(24)22-7-5-21(6-8-22)13(2)23/h9,11H,5-8,10H2,1-4H3. The van der Waals surface area contributed by atoms with Gasteiger partial charge in [0.25, 0.3) is 0 Å². The molecule has 0 aliphatic carbocycles. The topological polar surface area (TPSA) is 89.3 Å². The van der Waals surface area contributed by atoms with Crippen LogP contribution in [0, 0.1) is 6.92 Å². The van der Waals surface area contributed by atoms with Gasteiger partial charge in [0.05, 0.1) is 26.2 Å². The van der Waals surface area contributed by atoms with Gasteiger partial charge in [-0.3, -0.25) is 9.59 Å². The van der Waals surface area contributed by atoms with Crippen molar-refractivity contribution in [3.63, 3.8) is 0 Å². The first-order valence-electron chi connectivity index (χ1n) is 9.07. The maximum Gasteiger partial charge on any atom is 0.340 e. The second-order valence-electron chi connectivity index (χ2n) is 6.76. The maximum absolute atomic E-state index is 12.7. The molecule has 2 aromatic rings. The average molecular weight is 388 g/mol. The number of carbonyl (C=O) groups is 2. The van der Waals surface area contributed by atoms with E-state index in [0.717, 1.165) is 0 Å². The van der Waals surface area contributed by atoms with Crippen LogP contribution in [0.2, 0.25) is 0 Å². The fraction of sp³-hybridized carbons (Fsp3) is 0.450. The summed E-state index contributed by atoms with van der Waals surface area (Å²) in [4.78, 5) is 40.0. The molecule has 0 atom stereocenters. The summed E-state index contributed by atoms with van der Waals surface area (Å²) < 4.78 is 16.0. The highest BCUT2D eigenvalue weighted by Gasteiger charge is 2.24. The third-order valence-corrected chi connectivity index (χ3v) is 5.20. The summed E-state index contributed by atoms with van der Waals surface area (Å²) in [5.41, 5.74) is 0.862. The molecule has 0 N–H and O–H groups in total. The second kappa shape index (κ2) is 7.92. The molecule has 1 aliphatic rings. The maximum atomic E-state index is 12.7. The number of ether oxygens (including phenoxy) is 2. The van der Waals surface area contributed by atoms with Gasteiger partial charge in [-0.1, -0.05) is 0 Å². The zero-order chi connectivity index (χ0) is 20.4. The van der Waals surface area contributed by atoms with Gasteiger partial charge in [-0.25, -0.2) is 4.79 Å². The normalized spacial score (nSPS) is 14.3. The van der Waals surface area contributed by atoms with E-state index in [1.54, 1.807) is 28.9 Å². The highest BCUT2D eigenvalue weighted by atomic mass is 16.5. The minimum atomic E-state index is -0.534. The third kappa shape index (κ3) is 3.67. The number of fused-ring (bicyclic) bond motifs is 1. The highest BCUT2D eigenvalue weighted by Crippen LogP contribution is 2.33. The SMILES string of the molecule is COc1cc2oc(=O)c(CC(=O)N3CCN(C(C)=O)CC3)c(C)c2cc1OC. The molecular weight excluding hydrogens is 364 g/mol. The van der Waals surface area contributed by atoms with Crippen molar-refractivity contribution in [3.8, 4) is 11.5 Å². The van der Waals surface area contributed by atoms with E-state index in [9.17, 15) is 14.4 Å². The van der Waals surface area contributed by atoms with Gasteiger partial charge in [-0.2, -0.15) is 0 Å². The Labute approximate surface area is 162 Å². The van der Waals surface area contributed by atoms with Crippen molar-refractivity contribution in [2.75, 3.05) is 40.4 Å². The van der Waals surface area contributed by atoms with Crippen LogP contribution in [0.4, 0.5) is 0 Å². The van der Waals surface area contributed by atoms with Gasteiger partial charge < -0.3 is 23.7 Å². The van der Waals surface area contributed by atoms with Crippen LogP contribution < -0.4 is 15.1 Å². The van der Waals surface area contributed by atoms with Crippen molar-refractivity contribution < 1.29 is 23.5 Å². The molecule has 1 aromatic carbocycles. The molecule has 0 radical (unpaired) electrons. The van der Waals surface area contributed by atoms with Crippen LogP contribution in [0.1, 0.15) is 18.1 Å². The monoisotopic (exact) mass is 388 g/mol. The number of aryl methyl sites for hydroxylation is 1. The molecule has 8 nitrogen and oxygen atoms in total. The Morgan fingerprint density at radius 2 is 1.61 bits per heavy atom. The fourth-order valence-corrected chi connectivity index (χ4v) is 3.45. The summed E-state index contributed by atoms with van der Waals surface area (Å²) >= 11 is 0. The predicted molar refractivity (Wildman–Crippen MR) is 103 cm³/mol. The lowest BCUT2D eigenvalue weighted by atomic mass is 10.0. The Balaban J connectivity index is 1.88. The van der Waals surface area contributed by atoms with Crippen molar-refractivity contribution in [2.45, 2.75) is 20.3 Å². The molecule has 0 bridgehead atoms. The van der Waals surface area contributed by atoms with E-state index in [1.165, 1.54) is 21.1 Å². The number of amides is 2. The van der Waals surface area contributed by atoms with Gasteiger partial charge in [0.2, 0.25) is 11.8 Å². The fourth-order valence-electron chi connectivity index (χ4n) is 3.45. The average Bonchev–Trinajstić information content (AvgIpc) is 2.70. The van der Waals surface area contributed by atoms with Crippen molar-refractivity contribution in [2.24, 2.45) is 0 Å². The van der Waals surface area contributed by atoms with Crippen LogP contribution in [0.25, 0.3) is 11.0 Å². The molecule has 28 heavy (non-hydrogen) atoms. The van der Waals surface area contributed by atoms with E-state index in [1.807, 2.05) is 0 Å². The molecule has 1 aliphatic heterocycles. The van der Waals surface area contributed by atoms with Crippen molar-refractivity contribution in [1.29, 1.82) is 0 Å². The molecule has 2 amide bonds. The van der Waals surface area contributed by atoms with Gasteiger partial charge in [-0.05, 0) is 18.6 Å². The Kier molecular flexibility index (Phi) is 5.58. The van der Waals surface area contributed by atoms with Crippen molar-refractivity contribution in [3.05, 3.63) is 33.7 Å². The van der Waals surface area contributed by atoms with Crippen LogP contribution in [0.15, 0.2) is 21.3 Å². The number of methoxy groups -OCH3 is 2. The lowest BCUT2D eigenvalue weighted by Gasteiger charge is -2.34. The molecule has 1 fully saturated rings. The van der Waals surface area contributed by atoms with E-state index < -0.39 is 5.63 Å². The summed E-state index contributed by atoms with van der Waals surface area (Å²) in [6.07, 6.45) is -0.0431. The summed E-state index contributed by atoms with van der Waals surface area (Å²) in [6, 6.07) is 3.35. The summed E-state index contributed by atoms with van der Waals surface area (Å²) in [6.45, 7) is 5.24. The first kappa shape index (κ1) is 19.7. The van der Waals surface area contributed by atoms with Gasteiger partial charge in [0.15, 0.2) is 11.5 Å². The van der Waals surface area contributed by atoms with Gasteiger partial charge in [0.1, 0.15) is 5.58 Å². The number of carbonyl (C=O) groups excluding carboxylic acids is 2. The number of hydrogen-bond donors (Lipinski definition) is 0. The Hall–Kier alpha value is -3.03. The lowest BCUT2D eigenvalue weighted by molar-refractivity contribution is -0.138. The van der Waals surface area contributed by atoms with E-state index in [4.69, 9.17) is 13.9 Å². The zero-order valence-corrected chi connectivity index (χ0v) is 16.5. The summed E-state index contributed by atoms with van der Waals surface area (Å²) in [5.74, 6) is 0.829. The number of piperazine rings is 1. The van der Waals surface area contributed by atoms with E-state index in [0.29, 0.717) is 59.8 Å². The number of rotatable bonds is 4. The highest BCUT2D eigenvalue weighted by molar-refractivity contribution is 5.87. The Bertz CT molecular complexity index is 973. The molecule has 1 aromatic heterocycles. The molecule has 0 unspecified atom stereocenters. The molecular formula is C20H24N2O6. The zero-order valence-electron chi connectivity index (χ0n) is 16.5. The lowest BCUT2D eigenvalue weighted by Crippen LogP contribution is -2.50. The second-order valence-corrected chi connectivity index (χ2v) is 6.76. The molecule has 3 rings (SSSR count). The summed E-state index contributed by atoms with van der Waals surface area (Å²) in [7, 11) is 3.04. The van der Waals surface area contributed by atoms with Crippen LogP contribution in [0.5, 0.6) is 11.5 Å². The molecule has 8 heteroatoms. The van der Waals surface area contributed by atoms with Gasteiger partial charge in [-0.15, -0.1) is 0 Å². The first-order chi connectivity index (χ1) is 13.3. The Morgan fingerprint density at radius 3 is 2.18 bits per heavy atom. The Morgan fingerprint density at radius 1 is 1.04 bits per heavy atom. The number of hydrogen-bond acceptors (Lipinski definition) is 6. The smallest absolute Gasteiger partial charge is 0.340 e. The largest absolute Gasteiger partial charge is 0.493 e. The van der Waals surface area contributed by atoms with Crippen LogP contribution in [-0.4, -0.2) is 62.0 Å². The molecule has 0 saturated carbocycles. The molecule has 2 heterocycles. The van der Waals surface area contributed by atoms with E-state index >= 15 is 0 Å². The van der Waals surface area contributed by atoms with E-state index in [2.05, 4.69) is 0 Å². The minimum Gasteiger partial charge on any atom is -0.493 e. The predicted octanol–water partition coefficient (Wildman–Crippen LogP) is 1.35. The minimum absolute atomic E-state index is 0.00231. The van der Waals surface area contributed by atoms with Crippen molar-refractivity contribution >= 4 is 22.8 Å². The molecule has 1 saturated heterocycles. The van der Waals surface area contributed by atoms with Crippen molar-refractivity contribution in [1.82, 2.24) is 9.80 Å². The third-order valence-electron chi connectivity index (χ3n) is 5.20. The summed E-state index contributed by atoms with van der Waals surface area (Å²) in [5, 5.41) is 0.696. The van der Waals surface area contributed by atoms with Gasteiger partial charge in [0, 0.05) is 44.6 Å².